The van der Waals surface area contributed by atoms with Crippen molar-refractivity contribution in [3.05, 3.63) is 23.8 Å². The molecule has 1 aromatic rings. The predicted molar refractivity (Wildman–Crippen MR) is 52.4 cm³/mol. The molecule has 0 aliphatic heterocycles. The molecule has 0 fully saturated rings. The van der Waals surface area contributed by atoms with Gasteiger partial charge in [-0.3, -0.25) is 0 Å². The molecule has 0 N–H and O–H groups in total. The van der Waals surface area contributed by atoms with Crippen LogP contribution in [0.15, 0.2) is 18.2 Å². The number of hydrogen-bond donors (Lipinski definition) is 0. The summed E-state index contributed by atoms with van der Waals surface area (Å²) in [5, 5.41) is 0. The molecular weight excluding hydrogens is 202 g/mol. The molecular formula is C11H10F2O2. The minimum absolute atomic E-state index is 0.183. The lowest BCUT2D eigenvalue weighted by Crippen LogP contribution is -2.08. The van der Waals surface area contributed by atoms with Crippen molar-refractivity contribution in [1.82, 2.24) is 0 Å². The molecule has 0 heterocycles. The van der Waals surface area contributed by atoms with Crippen LogP contribution < -0.4 is 9.47 Å². The van der Waals surface area contributed by atoms with Gasteiger partial charge in [0.2, 0.25) is 0 Å². The van der Waals surface area contributed by atoms with Crippen LogP contribution in [0.5, 0.6) is 11.5 Å². The quantitative estimate of drug-likeness (QED) is 0.713. The molecule has 15 heavy (non-hydrogen) atoms. The molecule has 1 aromatic carbocycles. The largest absolute Gasteiger partial charge is 0.493 e. The number of alkyl halides is 2. The topological polar surface area (TPSA) is 18.5 Å². The first-order chi connectivity index (χ1) is 7.19. The summed E-state index contributed by atoms with van der Waals surface area (Å²) in [6.07, 6.45) is 2.67. The van der Waals surface area contributed by atoms with Crippen molar-refractivity contribution in [2.24, 2.45) is 0 Å². The van der Waals surface area contributed by atoms with Gasteiger partial charge in [0.05, 0.1) is 12.7 Å². The van der Waals surface area contributed by atoms with Crippen LogP contribution in [0.1, 0.15) is 5.56 Å². The molecule has 0 aliphatic rings. The minimum Gasteiger partial charge on any atom is -0.493 e. The summed E-state index contributed by atoms with van der Waals surface area (Å²) in [5.74, 6) is 2.88. The van der Waals surface area contributed by atoms with E-state index < -0.39 is 13.0 Å². The van der Waals surface area contributed by atoms with Gasteiger partial charge in [-0.05, 0) is 12.1 Å². The van der Waals surface area contributed by atoms with Crippen LogP contribution in [0.2, 0.25) is 0 Å². The zero-order valence-electron chi connectivity index (χ0n) is 8.17. The first-order valence-electron chi connectivity index (χ1n) is 4.23. The van der Waals surface area contributed by atoms with E-state index in [1.165, 1.54) is 7.11 Å². The van der Waals surface area contributed by atoms with Crippen molar-refractivity contribution in [3.8, 4) is 23.8 Å². The number of hydrogen-bond acceptors (Lipinski definition) is 2. The van der Waals surface area contributed by atoms with E-state index in [2.05, 4.69) is 5.92 Å². The summed E-state index contributed by atoms with van der Waals surface area (Å²) < 4.78 is 33.8. The number of benzene rings is 1. The van der Waals surface area contributed by atoms with Crippen LogP contribution in [0.25, 0.3) is 0 Å². The smallest absolute Gasteiger partial charge is 0.272 e. The van der Waals surface area contributed by atoms with Gasteiger partial charge in [-0.1, -0.05) is 12.0 Å². The Balaban J connectivity index is 2.96. The summed E-state index contributed by atoms with van der Waals surface area (Å²) in [5.41, 5.74) is 0.398. The maximum atomic E-state index is 12.0. The summed E-state index contributed by atoms with van der Waals surface area (Å²) in [4.78, 5) is 0. The Morgan fingerprint density at radius 3 is 2.73 bits per heavy atom. The van der Waals surface area contributed by atoms with E-state index >= 15 is 0 Å². The van der Waals surface area contributed by atoms with E-state index in [0.717, 1.165) is 0 Å². The van der Waals surface area contributed by atoms with E-state index in [4.69, 9.17) is 15.9 Å². The van der Waals surface area contributed by atoms with Crippen molar-refractivity contribution in [3.63, 3.8) is 0 Å². The summed E-state index contributed by atoms with van der Waals surface area (Å²) in [6.45, 7) is -0.699. The Morgan fingerprint density at radius 2 is 2.20 bits per heavy atom. The lowest BCUT2D eigenvalue weighted by atomic mass is 10.2. The third-order valence-corrected chi connectivity index (χ3v) is 1.71. The fraction of sp³-hybridized carbons (Fsp3) is 0.273. The fourth-order valence-electron chi connectivity index (χ4n) is 1.09. The van der Waals surface area contributed by atoms with Crippen molar-refractivity contribution in [1.29, 1.82) is 0 Å². The normalized spacial score (nSPS) is 9.80. The molecule has 0 atom stereocenters. The Hall–Kier alpha value is -1.76. The van der Waals surface area contributed by atoms with Gasteiger partial charge in [-0.15, -0.1) is 6.42 Å². The summed E-state index contributed by atoms with van der Waals surface area (Å²) >= 11 is 0. The fourth-order valence-corrected chi connectivity index (χ4v) is 1.09. The average Bonchev–Trinajstić information content (AvgIpc) is 2.25. The van der Waals surface area contributed by atoms with Crippen LogP contribution in [0, 0.1) is 12.3 Å². The Kier molecular flexibility index (Phi) is 3.92. The molecule has 0 aliphatic carbocycles. The maximum absolute atomic E-state index is 12.0. The van der Waals surface area contributed by atoms with Crippen LogP contribution in [-0.2, 0) is 0 Å². The van der Waals surface area contributed by atoms with Gasteiger partial charge >= 0.3 is 0 Å². The van der Waals surface area contributed by atoms with Crippen molar-refractivity contribution >= 4 is 0 Å². The lowest BCUT2D eigenvalue weighted by molar-refractivity contribution is 0.0803. The highest BCUT2D eigenvalue weighted by atomic mass is 19.3. The Labute approximate surface area is 86.8 Å². The summed E-state index contributed by atoms with van der Waals surface area (Å²) in [7, 11) is 1.42. The van der Waals surface area contributed by atoms with Crippen molar-refractivity contribution in [2.75, 3.05) is 13.7 Å². The molecule has 0 saturated heterocycles. The molecule has 0 radical (unpaired) electrons. The Morgan fingerprint density at radius 1 is 1.47 bits per heavy atom. The third kappa shape index (κ3) is 2.84. The van der Waals surface area contributed by atoms with Gasteiger partial charge in [0.25, 0.3) is 6.43 Å². The molecule has 80 valence electrons. The maximum Gasteiger partial charge on any atom is 0.272 e. The first-order valence-corrected chi connectivity index (χ1v) is 4.23. The second-order valence-electron chi connectivity index (χ2n) is 2.68. The molecule has 0 spiro atoms. The predicted octanol–water partition coefficient (Wildman–Crippen LogP) is 2.32. The van der Waals surface area contributed by atoms with Crippen LogP contribution in [-0.4, -0.2) is 20.1 Å². The second-order valence-corrected chi connectivity index (χ2v) is 2.68. The van der Waals surface area contributed by atoms with Gasteiger partial charge in [-0.25, -0.2) is 8.78 Å². The van der Waals surface area contributed by atoms with Crippen molar-refractivity contribution in [2.45, 2.75) is 6.43 Å². The number of terminal acetylenes is 1. The van der Waals surface area contributed by atoms with Gasteiger partial charge in [-0.2, -0.15) is 0 Å². The molecule has 2 nitrogen and oxygen atoms in total. The highest BCUT2D eigenvalue weighted by Gasteiger charge is 2.11. The molecule has 0 saturated carbocycles. The lowest BCUT2D eigenvalue weighted by Gasteiger charge is -2.11. The standard InChI is InChI=1S/C11H10F2O2/c1-3-8-5-4-6-9(14-2)11(8)15-7-10(12)13/h1,4-6,10H,7H2,2H3. The highest BCUT2D eigenvalue weighted by Crippen LogP contribution is 2.30. The van der Waals surface area contributed by atoms with Gasteiger partial charge < -0.3 is 9.47 Å². The molecule has 0 aromatic heterocycles. The zero-order valence-corrected chi connectivity index (χ0v) is 8.17. The number of ether oxygens (including phenoxy) is 2. The second kappa shape index (κ2) is 5.20. The highest BCUT2D eigenvalue weighted by molar-refractivity contribution is 5.53. The molecule has 0 unspecified atom stereocenters. The first kappa shape index (κ1) is 11.3. The minimum atomic E-state index is -2.54. The van der Waals surface area contributed by atoms with Crippen molar-refractivity contribution < 1.29 is 18.3 Å². The third-order valence-electron chi connectivity index (χ3n) is 1.71. The Bertz CT molecular complexity index is 369. The molecule has 1 rings (SSSR count). The van der Waals surface area contributed by atoms with Crippen LogP contribution in [0.4, 0.5) is 8.78 Å². The van der Waals surface area contributed by atoms with Gasteiger partial charge in [0.15, 0.2) is 11.5 Å². The monoisotopic (exact) mass is 212 g/mol. The van der Waals surface area contributed by atoms with E-state index in [-0.39, 0.29) is 5.75 Å². The number of halogens is 2. The van der Waals surface area contributed by atoms with Crippen LogP contribution >= 0.6 is 0 Å². The van der Waals surface area contributed by atoms with E-state index in [0.29, 0.717) is 11.3 Å². The molecule has 0 bridgehead atoms. The zero-order chi connectivity index (χ0) is 11.3. The summed E-state index contributed by atoms with van der Waals surface area (Å²) in [6, 6.07) is 4.87. The van der Waals surface area contributed by atoms with Crippen LogP contribution in [0.3, 0.4) is 0 Å². The number of rotatable bonds is 4. The SMILES string of the molecule is C#Cc1cccc(OC)c1OCC(F)F. The van der Waals surface area contributed by atoms with E-state index in [1.807, 2.05) is 0 Å². The molecule has 4 heteroatoms. The van der Waals surface area contributed by atoms with E-state index in [9.17, 15) is 8.78 Å². The van der Waals surface area contributed by atoms with Gasteiger partial charge in [0, 0.05) is 0 Å². The van der Waals surface area contributed by atoms with E-state index in [1.54, 1.807) is 18.2 Å². The average molecular weight is 212 g/mol. The number of methoxy groups -OCH3 is 1. The molecule has 0 amide bonds. The van der Waals surface area contributed by atoms with Gasteiger partial charge in [0.1, 0.15) is 6.61 Å². The number of para-hydroxylation sites is 1.